The van der Waals surface area contributed by atoms with E-state index in [0.29, 0.717) is 5.92 Å². The number of aromatic nitrogens is 2. The Morgan fingerprint density at radius 3 is 2.85 bits per heavy atom. The van der Waals surface area contributed by atoms with Gasteiger partial charge in [-0.1, -0.05) is 25.4 Å². The molecule has 2 aromatic heterocycles. The van der Waals surface area contributed by atoms with E-state index in [0.717, 1.165) is 21.6 Å². The van der Waals surface area contributed by atoms with Gasteiger partial charge in [-0.2, -0.15) is 0 Å². The molecule has 0 saturated carbocycles. The molecule has 0 spiro atoms. The minimum Gasteiger partial charge on any atom is -0.356 e. The van der Waals surface area contributed by atoms with Crippen molar-refractivity contribution in [2.75, 3.05) is 0 Å². The molecular weight excluding hydrogens is 184 g/mol. The van der Waals surface area contributed by atoms with Crippen molar-refractivity contribution in [3.05, 3.63) is 29.2 Å². The Bertz CT molecular complexity index is 431. The van der Waals surface area contributed by atoms with Crippen LogP contribution in [0.2, 0.25) is 5.02 Å². The van der Waals surface area contributed by atoms with E-state index in [1.807, 2.05) is 6.07 Å². The van der Waals surface area contributed by atoms with Crippen molar-refractivity contribution in [2.45, 2.75) is 19.8 Å². The minimum absolute atomic E-state index is 0.417. The summed E-state index contributed by atoms with van der Waals surface area (Å²) in [5.74, 6) is 0.417. The first kappa shape index (κ1) is 8.57. The highest BCUT2D eigenvalue weighted by molar-refractivity contribution is 6.36. The molecule has 0 aliphatic rings. The van der Waals surface area contributed by atoms with E-state index in [2.05, 4.69) is 23.8 Å². The van der Waals surface area contributed by atoms with Crippen LogP contribution in [0, 0.1) is 0 Å². The third-order valence-electron chi connectivity index (χ3n) is 2.14. The number of pyridine rings is 1. The first-order valence-electron chi connectivity index (χ1n) is 4.31. The molecule has 0 aromatic carbocycles. The van der Waals surface area contributed by atoms with Gasteiger partial charge in [-0.15, -0.1) is 0 Å². The second-order valence-corrected chi connectivity index (χ2v) is 3.81. The van der Waals surface area contributed by atoms with Gasteiger partial charge in [0.15, 0.2) is 0 Å². The summed E-state index contributed by atoms with van der Waals surface area (Å²) in [5, 5.41) is 1.88. The summed E-state index contributed by atoms with van der Waals surface area (Å²) in [7, 11) is 0. The largest absolute Gasteiger partial charge is 0.356 e. The van der Waals surface area contributed by atoms with Crippen LogP contribution >= 0.6 is 11.6 Å². The average molecular weight is 195 g/mol. The van der Waals surface area contributed by atoms with Crippen molar-refractivity contribution in [3.63, 3.8) is 0 Å². The van der Waals surface area contributed by atoms with Crippen LogP contribution in [0.15, 0.2) is 18.5 Å². The molecule has 68 valence electrons. The number of rotatable bonds is 1. The lowest BCUT2D eigenvalue weighted by Gasteiger charge is -2.00. The first-order chi connectivity index (χ1) is 6.20. The lowest BCUT2D eigenvalue weighted by molar-refractivity contribution is 0.837. The monoisotopic (exact) mass is 194 g/mol. The number of halogens is 1. The summed E-state index contributed by atoms with van der Waals surface area (Å²) in [6.45, 7) is 4.23. The fourth-order valence-corrected chi connectivity index (χ4v) is 1.86. The molecule has 0 radical (unpaired) electrons. The Morgan fingerprint density at radius 1 is 1.46 bits per heavy atom. The summed E-state index contributed by atoms with van der Waals surface area (Å²) < 4.78 is 0. The van der Waals surface area contributed by atoms with Crippen molar-refractivity contribution >= 4 is 22.5 Å². The van der Waals surface area contributed by atoms with Crippen molar-refractivity contribution < 1.29 is 0 Å². The van der Waals surface area contributed by atoms with Crippen LogP contribution in [0.4, 0.5) is 0 Å². The predicted molar refractivity (Wildman–Crippen MR) is 55.2 cm³/mol. The molecular formula is C10H11ClN2. The van der Waals surface area contributed by atoms with Gasteiger partial charge in [-0.25, -0.2) is 0 Å². The summed E-state index contributed by atoms with van der Waals surface area (Å²) in [5.41, 5.74) is 2.10. The molecule has 0 bridgehead atoms. The van der Waals surface area contributed by atoms with Crippen LogP contribution in [0.1, 0.15) is 25.5 Å². The maximum absolute atomic E-state index is 6.19. The highest BCUT2D eigenvalue weighted by Gasteiger charge is 2.11. The van der Waals surface area contributed by atoms with Crippen molar-refractivity contribution in [3.8, 4) is 0 Å². The van der Waals surface area contributed by atoms with Gasteiger partial charge in [0.1, 0.15) is 0 Å². The molecule has 1 N–H and O–H groups in total. The fourth-order valence-electron chi connectivity index (χ4n) is 1.43. The van der Waals surface area contributed by atoms with Gasteiger partial charge in [0.05, 0.1) is 16.7 Å². The Labute approximate surface area is 81.9 Å². The molecule has 0 unspecified atom stereocenters. The highest BCUT2D eigenvalue weighted by atomic mass is 35.5. The van der Waals surface area contributed by atoms with Gasteiger partial charge in [0.2, 0.25) is 0 Å². The van der Waals surface area contributed by atoms with E-state index in [9.17, 15) is 0 Å². The third-order valence-corrected chi connectivity index (χ3v) is 2.55. The van der Waals surface area contributed by atoms with Gasteiger partial charge in [-0.05, 0) is 12.0 Å². The third kappa shape index (κ3) is 1.31. The van der Waals surface area contributed by atoms with Crippen LogP contribution in [0.25, 0.3) is 10.9 Å². The summed E-state index contributed by atoms with van der Waals surface area (Å²) in [6.07, 6.45) is 3.55. The van der Waals surface area contributed by atoms with Gasteiger partial charge in [0, 0.05) is 17.3 Å². The summed E-state index contributed by atoms with van der Waals surface area (Å²) >= 11 is 6.19. The van der Waals surface area contributed by atoms with Crippen LogP contribution in [-0.4, -0.2) is 9.97 Å². The number of H-pyrrole nitrogens is 1. The van der Waals surface area contributed by atoms with Gasteiger partial charge >= 0.3 is 0 Å². The average Bonchev–Trinajstić information content (AvgIpc) is 2.45. The van der Waals surface area contributed by atoms with Crippen molar-refractivity contribution in [2.24, 2.45) is 0 Å². The molecule has 0 atom stereocenters. The lowest BCUT2D eigenvalue weighted by Crippen LogP contribution is -1.86. The van der Waals surface area contributed by atoms with E-state index >= 15 is 0 Å². The summed E-state index contributed by atoms with van der Waals surface area (Å²) in [6, 6.07) is 1.93. The van der Waals surface area contributed by atoms with E-state index in [1.54, 1.807) is 12.4 Å². The predicted octanol–water partition coefficient (Wildman–Crippen LogP) is 3.34. The normalized spacial score (nSPS) is 11.4. The van der Waals surface area contributed by atoms with Crippen molar-refractivity contribution in [1.82, 2.24) is 9.97 Å². The number of aromatic amines is 1. The van der Waals surface area contributed by atoms with E-state index in [-0.39, 0.29) is 0 Å². The van der Waals surface area contributed by atoms with Gasteiger partial charge in [0.25, 0.3) is 0 Å². The van der Waals surface area contributed by atoms with Gasteiger partial charge in [-0.3, -0.25) is 4.98 Å². The number of nitrogens with one attached hydrogen (secondary N) is 1. The van der Waals surface area contributed by atoms with E-state index in [1.165, 1.54) is 0 Å². The van der Waals surface area contributed by atoms with E-state index < -0.39 is 0 Å². The maximum atomic E-state index is 6.19. The van der Waals surface area contributed by atoms with Crippen LogP contribution in [0.5, 0.6) is 0 Å². The molecule has 2 rings (SSSR count). The number of hydrogen-bond acceptors (Lipinski definition) is 1. The number of hydrogen-bond donors (Lipinski definition) is 1. The Hall–Kier alpha value is -1.02. The summed E-state index contributed by atoms with van der Waals surface area (Å²) in [4.78, 5) is 7.31. The van der Waals surface area contributed by atoms with Crippen molar-refractivity contribution in [1.29, 1.82) is 0 Å². The molecule has 2 aromatic rings. The molecule has 0 amide bonds. The highest BCUT2D eigenvalue weighted by Crippen LogP contribution is 2.30. The van der Waals surface area contributed by atoms with Crippen LogP contribution in [0.3, 0.4) is 0 Å². The lowest BCUT2D eigenvalue weighted by atomic mass is 10.1. The molecule has 2 nitrogen and oxygen atoms in total. The Kier molecular flexibility index (Phi) is 2.00. The van der Waals surface area contributed by atoms with E-state index in [4.69, 9.17) is 11.6 Å². The second-order valence-electron chi connectivity index (χ2n) is 3.43. The zero-order chi connectivity index (χ0) is 9.42. The van der Waals surface area contributed by atoms with Crippen LogP contribution < -0.4 is 0 Å². The zero-order valence-electron chi connectivity index (χ0n) is 7.63. The molecule has 0 aliphatic carbocycles. The molecule has 0 saturated heterocycles. The fraction of sp³-hybridized carbons (Fsp3) is 0.300. The molecule has 0 aliphatic heterocycles. The zero-order valence-corrected chi connectivity index (χ0v) is 8.39. The second kappa shape index (κ2) is 3.04. The maximum Gasteiger partial charge on any atom is 0.0695 e. The Balaban J connectivity index is 2.74. The number of nitrogens with zero attached hydrogens (tertiary/aromatic N) is 1. The minimum atomic E-state index is 0.417. The smallest absolute Gasteiger partial charge is 0.0695 e. The first-order valence-corrected chi connectivity index (χ1v) is 4.69. The molecule has 3 heteroatoms. The SMILES string of the molecule is CC(C)c1[nH]c2cnccc2c1Cl. The Morgan fingerprint density at radius 2 is 2.23 bits per heavy atom. The van der Waals surface area contributed by atoms with Crippen LogP contribution in [-0.2, 0) is 0 Å². The van der Waals surface area contributed by atoms with Gasteiger partial charge < -0.3 is 4.98 Å². The molecule has 2 heterocycles. The molecule has 0 fully saturated rings. The number of fused-ring (bicyclic) bond motifs is 1. The molecule has 13 heavy (non-hydrogen) atoms. The quantitative estimate of drug-likeness (QED) is 0.741. The standard InChI is InChI=1S/C10H11ClN2/c1-6(2)10-9(11)7-3-4-12-5-8(7)13-10/h3-6,13H,1-2H3. The topological polar surface area (TPSA) is 28.7 Å².